The number of rotatable bonds is 10. The molecule has 2 aliphatic heterocycles. The van der Waals surface area contributed by atoms with Crippen molar-refractivity contribution in [3.63, 3.8) is 0 Å². The molecule has 1 saturated heterocycles. The Bertz CT molecular complexity index is 2190. The summed E-state index contributed by atoms with van der Waals surface area (Å²) in [6.07, 6.45) is 2.33. The zero-order valence-electron chi connectivity index (χ0n) is 28.8. The van der Waals surface area contributed by atoms with Crippen LogP contribution in [0.5, 0.6) is 11.8 Å². The first-order valence-corrected chi connectivity index (χ1v) is 17.8. The lowest BCUT2D eigenvalue weighted by Gasteiger charge is -2.22. The Morgan fingerprint density at radius 1 is 0.654 bits per heavy atom. The molecular formula is C44H39N3O5. The number of benzene rings is 5. The Hall–Kier alpha value is -6.15. The predicted octanol–water partition coefficient (Wildman–Crippen LogP) is 9.59. The van der Waals surface area contributed by atoms with Crippen molar-refractivity contribution in [2.75, 3.05) is 18.0 Å². The number of aromatic nitrogens is 1. The van der Waals surface area contributed by atoms with Gasteiger partial charge in [0.1, 0.15) is 25.5 Å². The molecule has 0 radical (unpaired) electrons. The first-order valence-electron chi connectivity index (χ1n) is 17.8. The highest BCUT2D eigenvalue weighted by atomic mass is 16.6. The number of hydrogen-bond donors (Lipinski definition) is 0. The molecule has 0 aliphatic carbocycles. The van der Waals surface area contributed by atoms with E-state index in [2.05, 4.69) is 12.1 Å². The third-order valence-electron chi connectivity index (χ3n) is 9.86. The van der Waals surface area contributed by atoms with E-state index in [0.717, 1.165) is 52.4 Å². The first kappa shape index (κ1) is 33.0. The van der Waals surface area contributed by atoms with Crippen LogP contribution < -0.4 is 14.4 Å². The molecule has 1 aromatic heterocycles. The summed E-state index contributed by atoms with van der Waals surface area (Å²) in [7, 11) is 0. The summed E-state index contributed by atoms with van der Waals surface area (Å²) in [4.78, 5) is 35.6. The fourth-order valence-corrected chi connectivity index (χ4v) is 7.23. The Balaban J connectivity index is 1.06. The molecule has 8 heteroatoms. The van der Waals surface area contributed by atoms with E-state index in [9.17, 15) is 9.59 Å². The topological polar surface area (TPSA) is 81.2 Å². The van der Waals surface area contributed by atoms with Gasteiger partial charge in [-0.25, -0.2) is 4.79 Å². The molecule has 260 valence electrons. The summed E-state index contributed by atoms with van der Waals surface area (Å²) in [5.74, 6) is 0.825. The third-order valence-corrected chi connectivity index (χ3v) is 9.86. The molecule has 5 aromatic carbocycles. The molecule has 0 saturated carbocycles. The molecule has 0 N–H and O–H groups in total. The van der Waals surface area contributed by atoms with Crippen molar-refractivity contribution in [1.82, 2.24) is 9.88 Å². The highest BCUT2D eigenvalue weighted by molar-refractivity contribution is 6.28. The molecule has 0 unspecified atom stereocenters. The van der Waals surface area contributed by atoms with E-state index in [4.69, 9.17) is 19.2 Å². The Labute approximate surface area is 303 Å². The average Bonchev–Trinajstić information content (AvgIpc) is 3.32. The fraction of sp³-hybridized carbons (Fsp3) is 0.205. The van der Waals surface area contributed by atoms with Crippen molar-refractivity contribution in [2.24, 2.45) is 0 Å². The van der Waals surface area contributed by atoms with Gasteiger partial charge in [0.25, 0.3) is 5.91 Å². The van der Waals surface area contributed by atoms with Crippen molar-refractivity contribution in [1.29, 1.82) is 0 Å². The third kappa shape index (κ3) is 6.92. The second-order valence-corrected chi connectivity index (χ2v) is 13.2. The number of likely N-dealkylation sites (tertiary alicyclic amines) is 1. The van der Waals surface area contributed by atoms with Crippen LogP contribution in [-0.2, 0) is 24.6 Å². The molecule has 2 amide bonds. The summed E-state index contributed by atoms with van der Waals surface area (Å²) in [6.45, 7) is 2.16. The van der Waals surface area contributed by atoms with E-state index in [0.29, 0.717) is 42.7 Å². The van der Waals surface area contributed by atoms with E-state index in [1.165, 1.54) is 5.56 Å². The summed E-state index contributed by atoms with van der Waals surface area (Å²) in [5, 5.41) is 1.98. The van der Waals surface area contributed by atoms with Crippen LogP contribution in [0, 0.1) is 0 Å². The van der Waals surface area contributed by atoms with E-state index in [1.54, 1.807) is 11.0 Å². The summed E-state index contributed by atoms with van der Waals surface area (Å²) >= 11 is 0. The summed E-state index contributed by atoms with van der Waals surface area (Å²) in [5.41, 5.74) is 6.17. The monoisotopic (exact) mass is 689 g/mol. The van der Waals surface area contributed by atoms with Crippen molar-refractivity contribution >= 4 is 34.1 Å². The first-order chi connectivity index (χ1) is 25.6. The molecule has 1 fully saturated rings. The Kier molecular flexibility index (Phi) is 9.52. The zero-order chi connectivity index (χ0) is 35.3. The van der Waals surface area contributed by atoms with E-state index < -0.39 is 0 Å². The largest absolute Gasteiger partial charge is 0.473 e. The lowest BCUT2D eigenvalue weighted by molar-refractivity contribution is 0.0971. The molecule has 8 nitrogen and oxygen atoms in total. The molecular weight excluding hydrogens is 651 g/mol. The zero-order valence-corrected chi connectivity index (χ0v) is 28.8. The van der Waals surface area contributed by atoms with Crippen molar-refractivity contribution in [3.05, 3.63) is 161 Å². The molecule has 6 aromatic rings. The number of carbonyl (C=O) groups is 2. The van der Waals surface area contributed by atoms with Crippen molar-refractivity contribution in [2.45, 2.75) is 45.0 Å². The maximum atomic E-state index is 14.3. The normalized spacial score (nSPS) is 15.4. The maximum Gasteiger partial charge on any atom is 0.410 e. The summed E-state index contributed by atoms with van der Waals surface area (Å²) < 4.78 is 18.1. The van der Waals surface area contributed by atoms with Crippen LogP contribution >= 0.6 is 0 Å². The molecule has 3 heterocycles. The van der Waals surface area contributed by atoms with Crippen molar-refractivity contribution < 1.29 is 23.8 Å². The van der Waals surface area contributed by atoms with E-state index in [1.807, 2.05) is 120 Å². The number of amides is 2. The number of anilines is 2. The van der Waals surface area contributed by atoms with Gasteiger partial charge in [0.05, 0.1) is 11.3 Å². The minimum absolute atomic E-state index is 0.129. The Morgan fingerprint density at radius 3 is 2.04 bits per heavy atom. The van der Waals surface area contributed by atoms with Gasteiger partial charge in [-0.1, -0.05) is 109 Å². The lowest BCUT2D eigenvalue weighted by atomic mass is 9.87. The standard InChI is InChI=1S/C44H39N3O5/c48-43-37-22-21-35(34-18-11-26-46(27-25-34)44(49)52-30-33-16-8-3-9-17-33)36-19-10-20-38(41(36)37)47(43)39-23-24-40(50-28-31-12-4-1-5-13-31)45-42(39)51-29-32-14-6-2-7-15-32/h1-10,12-17,19-24,34H,11,18,25-30H2/t34-/m1/s1. The maximum absolute atomic E-state index is 14.3. The Morgan fingerprint density at radius 2 is 1.33 bits per heavy atom. The molecule has 0 bridgehead atoms. The van der Waals surface area contributed by atoms with Crippen LogP contribution in [0.15, 0.2) is 133 Å². The molecule has 8 rings (SSSR count). The van der Waals surface area contributed by atoms with E-state index >= 15 is 0 Å². The van der Waals surface area contributed by atoms with Gasteiger partial charge in [0.2, 0.25) is 11.8 Å². The van der Waals surface area contributed by atoms with Crippen molar-refractivity contribution in [3.8, 4) is 11.8 Å². The number of nitrogens with zero attached hydrogens (tertiary/aromatic N) is 3. The van der Waals surface area contributed by atoms with Gasteiger partial charge in [-0.3, -0.25) is 9.69 Å². The molecule has 0 spiro atoms. The second kappa shape index (κ2) is 15.0. The SMILES string of the molecule is O=C(OCc1ccccc1)N1CCC[C@@H](c2ccc3c4c(cccc24)N(c2ccc(OCc4ccccc4)nc2OCc2ccccc2)C3=O)CC1. The number of carbonyl (C=O) groups excluding carboxylic acids is 2. The fourth-order valence-electron chi connectivity index (χ4n) is 7.23. The molecule has 1 atom stereocenters. The molecule has 52 heavy (non-hydrogen) atoms. The van der Waals surface area contributed by atoms with Gasteiger partial charge in [-0.2, -0.15) is 4.98 Å². The average molecular weight is 690 g/mol. The number of pyridine rings is 1. The number of ether oxygens (including phenoxy) is 3. The smallest absolute Gasteiger partial charge is 0.410 e. The second-order valence-electron chi connectivity index (χ2n) is 13.2. The van der Waals surface area contributed by atoms with Crippen LogP contribution in [0.4, 0.5) is 16.2 Å². The highest BCUT2D eigenvalue weighted by Crippen LogP contribution is 2.47. The van der Waals surface area contributed by atoms with Crippen LogP contribution in [0.2, 0.25) is 0 Å². The van der Waals surface area contributed by atoms with Crippen LogP contribution in [0.1, 0.15) is 57.8 Å². The lowest BCUT2D eigenvalue weighted by Crippen LogP contribution is -2.32. The molecule has 2 aliphatic rings. The predicted molar refractivity (Wildman–Crippen MR) is 201 cm³/mol. The van der Waals surface area contributed by atoms with Gasteiger partial charge >= 0.3 is 6.09 Å². The minimum Gasteiger partial charge on any atom is -0.473 e. The van der Waals surface area contributed by atoms with Crippen LogP contribution in [0.3, 0.4) is 0 Å². The van der Waals surface area contributed by atoms with Crippen LogP contribution in [-0.4, -0.2) is 35.0 Å². The highest BCUT2D eigenvalue weighted by Gasteiger charge is 2.35. The van der Waals surface area contributed by atoms with Gasteiger partial charge in [-0.15, -0.1) is 0 Å². The van der Waals surface area contributed by atoms with E-state index in [-0.39, 0.29) is 31.1 Å². The van der Waals surface area contributed by atoms with Gasteiger partial charge in [0.15, 0.2) is 0 Å². The van der Waals surface area contributed by atoms with Gasteiger partial charge in [-0.05, 0) is 71.0 Å². The number of hydrogen-bond acceptors (Lipinski definition) is 6. The quantitative estimate of drug-likeness (QED) is 0.143. The van der Waals surface area contributed by atoms with Gasteiger partial charge in [0, 0.05) is 24.5 Å². The minimum atomic E-state index is -0.276. The van der Waals surface area contributed by atoms with Crippen LogP contribution in [0.25, 0.3) is 10.8 Å². The van der Waals surface area contributed by atoms with Gasteiger partial charge < -0.3 is 19.1 Å². The summed E-state index contributed by atoms with van der Waals surface area (Å²) in [6, 6.07) is 43.4.